The minimum Gasteiger partial charge on any atom is -0.492 e. The van der Waals surface area contributed by atoms with Crippen LogP contribution in [0.15, 0.2) is 18.2 Å². The normalized spacial score (nSPS) is 14.4. The molecule has 1 aromatic rings. The Morgan fingerprint density at radius 2 is 1.76 bits per heavy atom. The molecular formula is C17H23Cl2N3O3. The standard InChI is InChI=1S/C17H23Cl2N3O3/c1-20(2)17(24)22-10-8-21(9-11-22)15(23)7-4-12-25-14-6-3-5-13(18)16(14)19/h3,5-6H,4,7-12H2,1-2H3. The molecule has 1 aliphatic rings. The van der Waals surface area contributed by atoms with Gasteiger partial charge in [0, 0.05) is 46.7 Å². The molecule has 3 amide bonds. The minimum absolute atomic E-state index is 0.0149. The van der Waals surface area contributed by atoms with E-state index in [1.165, 1.54) is 0 Å². The van der Waals surface area contributed by atoms with E-state index in [0.29, 0.717) is 61.4 Å². The number of carbonyl (C=O) groups excluding carboxylic acids is 2. The SMILES string of the molecule is CN(C)C(=O)N1CCN(C(=O)CCCOc2cccc(Cl)c2Cl)CC1. The van der Waals surface area contributed by atoms with Crippen LogP contribution in [0.1, 0.15) is 12.8 Å². The highest BCUT2D eigenvalue weighted by atomic mass is 35.5. The van der Waals surface area contributed by atoms with E-state index >= 15 is 0 Å². The average Bonchev–Trinajstić information content (AvgIpc) is 2.61. The summed E-state index contributed by atoms with van der Waals surface area (Å²) < 4.78 is 5.58. The van der Waals surface area contributed by atoms with Crippen molar-refractivity contribution in [1.82, 2.24) is 14.7 Å². The number of hydrogen-bond acceptors (Lipinski definition) is 3. The fraction of sp³-hybridized carbons (Fsp3) is 0.529. The van der Waals surface area contributed by atoms with Crippen LogP contribution in [0.3, 0.4) is 0 Å². The van der Waals surface area contributed by atoms with Crippen molar-refractivity contribution in [3.05, 3.63) is 28.2 Å². The number of carbonyl (C=O) groups is 2. The lowest BCUT2D eigenvalue weighted by Crippen LogP contribution is -2.52. The number of halogens is 2. The van der Waals surface area contributed by atoms with Gasteiger partial charge in [0.25, 0.3) is 0 Å². The molecule has 0 atom stereocenters. The van der Waals surface area contributed by atoms with E-state index in [0.717, 1.165) is 0 Å². The van der Waals surface area contributed by atoms with Crippen LogP contribution in [0.25, 0.3) is 0 Å². The smallest absolute Gasteiger partial charge is 0.319 e. The highest BCUT2D eigenvalue weighted by Gasteiger charge is 2.24. The van der Waals surface area contributed by atoms with Crippen LogP contribution in [0.5, 0.6) is 5.75 Å². The van der Waals surface area contributed by atoms with Crippen molar-refractivity contribution in [2.75, 3.05) is 46.9 Å². The van der Waals surface area contributed by atoms with Gasteiger partial charge in [0.15, 0.2) is 0 Å². The number of nitrogens with zero attached hydrogens (tertiary/aromatic N) is 3. The quantitative estimate of drug-likeness (QED) is 0.729. The van der Waals surface area contributed by atoms with Gasteiger partial charge in [0.05, 0.1) is 11.6 Å². The molecule has 1 heterocycles. The molecular weight excluding hydrogens is 365 g/mol. The number of ether oxygens (including phenoxy) is 1. The molecule has 0 aromatic heterocycles. The predicted octanol–water partition coefficient (Wildman–Crippen LogP) is 2.98. The third kappa shape index (κ3) is 5.41. The van der Waals surface area contributed by atoms with E-state index in [-0.39, 0.29) is 11.9 Å². The maximum Gasteiger partial charge on any atom is 0.319 e. The Bertz CT molecular complexity index is 617. The first-order valence-electron chi connectivity index (χ1n) is 8.21. The molecule has 1 aliphatic heterocycles. The summed E-state index contributed by atoms with van der Waals surface area (Å²) in [6.07, 6.45) is 0.998. The van der Waals surface area contributed by atoms with Gasteiger partial charge in [-0.25, -0.2) is 4.79 Å². The Labute approximate surface area is 158 Å². The van der Waals surface area contributed by atoms with Gasteiger partial charge in [-0.3, -0.25) is 4.79 Å². The van der Waals surface area contributed by atoms with Crippen LogP contribution in [0.4, 0.5) is 4.79 Å². The number of rotatable bonds is 5. The second kappa shape index (κ2) is 9.15. The highest BCUT2D eigenvalue weighted by molar-refractivity contribution is 6.42. The molecule has 0 bridgehead atoms. The molecule has 6 nitrogen and oxygen atoms in total. The summed E-state index contributed by atoms with van der Waals surface area (Å²) >= 11 is 12.0. The van der Waals surface area contributed by atoms with Crippen molar-refractivity contribution in [2.45, 2.75) is 12.8 Å². The topological polar surface area (TPSA) is 53.1 Å². The lowest BCUT2D eigenvalue weighted by molar-refractivity contribution is -0.132. The molecule has 1 fully saturated rings. The number of benzene rings is 1. The largest absolute Gasteiger partial charge is 0.492 e. The van der Waals surface area contributed by atoms with Gasteiger partial charge in [0.1, 0.15) is 10.8 Å². The molecule has 25 heavy (non-hydrogen) atoms. The molecule has 1 saturated heterocycles. The summed E-state index contributed by atoms with van der Waals surface area (Å²) in [7, 11) is 3.46. The van der Waals surface area contributed by atoms with E-state index in [2.05, 4.69) is 0 Å². The third-order valence-electron chi connectivity index (χ3n) is 3.99. The van der Waals surface area contributed by atoms with Crippen molar-refractivity contribution in [2.24, 2.45) is 0 Å². The molecule has 0 aliphatic carbocycles. The van der Waals surface area contributed by atoms with Crippen molar-refractivity contribution >= 4 is 35.1 Å². The number of amides is 3. The fourth-order valence-electron chi connectivity index (χ4n) is 2.59. The van der Waals surface area contributed by atoms with E-state index in [4.69, 9.17) is 27.9 Å². The lowest BCUT2D eigenvalue weighted by Gasteiger charge is -2.36. The summed E-state index contributed by atoms with van der Waals surface area (Å²) in [5, 5.41) is 0.831. The minimum atomic E-state index is -0.0149. The van der Waals surface area contributed by atoms with Crippen LogP contribution in [-0.4, -0.2) is 73.5 Å². The molecule has 1 aromatic carbocycles. The molecule has 8 heteroatoms. The van der Waals surface area contributed by atoms with E-state index in [9.17, 15) is 9.59 Å². The number of hydrogen-bond donors (Lipinski definition) is 0. The summed E-state index contributed by atoms with van der Waals surface area (Å²) in [6, 6.07) is 5.19. The summed E-state index contributed by atoms with van der Waals surface area (Å²) in [6.45, 7) is 2.67. The molecule has 2 rings (SSSR count). The summed E-state index contributed by atoms with van der Waals surface area (Å²) in [4.78, 5) is 29.2. The van der Waals surface area contributed by atoms with Gasteiger partial charge in [-0.2, -0.15) is 0 Å². The van der Waals surface area contributed by atoms with E-state index in [1.54, 1.807) is 47.0 Å². The van der Waals surface area contributed by atoms with Crippen LogP contribution in [-0.2, 0) is 4.79 Å². The van der Waals surface area contributed by atoms with Crippen LogP contribution in [0.2, 0.25) is 10.0 Å². The van der Waals surface area contributed by atoms with Crippen molar-refractivity contribution in [1.29, 1.82) is 0 Å². The van der Waals surface area contributed by atoms with Gasteiger partial charge >= 0.3 is 6.03 Å². The maximum atomic E-state index is 12.3. The van der Waals surface area contributed by atoms with Crippen LogP contribution >= 0.6 is 23.2 Å². The Morgan fingerprint density at radius 1 is 1.12 bits per heavy atom. The van der Waals surface area contributed by atoms with E-state index < -0.39 is 0 Å². The first-order chi connectivity index (χ1) is 11.9. The molecule has 138 valence electrons. The zero-order chi connectivity index (χ0) is 18.4. The predicted molar refractivity (Wildman–Crippen MR) is 98.4 cm³/mol. The molecule has 0 unspecified atom stereocenters. The summed E-state index contributed by atoms with van der Waals surface area (Å²) in [5.41, 5.74) is 0. The molecule has 0 spiro atoms. The molecule has 0 saturated carbocycles. The Morgan fingerprint density at radius 3 is 2.40 bits per heavy atom. The first kappa shape index (κ1) is 19.7. The second-order valence-electron chi connectivity index (χ2n) is 6.05. The van der Waals surface area contributed by atoms with E-state index in [1.807, 2.05) is 0 Å². The van der Waals surface area contributed by atoms with Crippen LogP contribution < -0.4 is 4.74 Å². The zero-order valence-electron chi connectivity index (χ0n) is 14.5. The lowest BCUT2D eigenvalue weighted by atomic mass is 10.2. The number of urea groups is 1. The Hall–Kier alpha value is -1.66. The third-order valence-corrected chi connectivity index (χ3v) is 4.80. The maximum absolute atomic E-state index is 12.3. The Kier molecular flexibility index (Phi) is 7.20. The fourth-order valence-corrected chi connectivity index (χ4v) is 2.94. The zero-order valence-corrected chi connectivity index (χ0v) is 16.0. The summed E-state index contributed by atoms with van der Waals surface area (Å²) in [5.74, 6) is 0.607. The average molecular weight is 388 g/mol. The highest BCUT2D eigenvalue weighted by Crippen LogP contribution is 2.31. The van der Waals surface area contributed by atoms with Gasteiger partial charge < -0.3 is 19.4 Å². The first-order valence-corrected chi connectivity index (χ1v) is 8.96. The molecule has 0 radical (unpaired) electrons. The van der Waals surface area contributed by atoms with Gasteiger partial charge in [-0.1, -0.05) is 29.3 Å². The number of piperazine rings is 1. The second-order valence-corrected chi connectivity index (χ2v) is 6.83. The van der Waals surface area contributed by atoms with Gasteiger partial charge in [-0.15, -0.1) is 0 Å². The molecule has 0 N–H and O–H groups in total. The monoisotopic (exact) mass is 387 g/mol. The van der Waals surface area contributed by atoms with Crippen molar-refractivity contribution in [3.8, 4) is 5.75 Å². The van der Waals surface area contributed by atoms with Crippen molar-refractivity contribution < 1.29 is 14.3 Å². The van der Waals surface area contributed by atoms with Gasteiger partial charge in [0.2, 0.25) is 5.91 Å². The van der Waals surface area contributed by atoms with Crippen molar-refractivity contribution in [3.63, 3.8) is 0 Å². The van der Waals surface area contributed by atoms with Crippen LogP contribution in [0, 0.1) is 0 Å². The Balaban J connectivity index is 1.69. The van der Waals surface area contributed by atoms with Gasteiger partial charge in [-0.05, 0) is 18.6 Å².